The number of ether oxygens (including phenoxy) is 1. The van der Waals surface area contributed by atoms with E-state index < -0.39 is 5.97 Å². The number of hydrogen-bond donors (Lipinski definition) is 0. The molecule has 1 fully saturated rings. The van der Waals surface area contributed by atoms with Gasteiger partial charge in [0.2, 0.25) is 0 Å². The van der Waals surface area contributed by atoms with Crippen LogP contribution >= 0.6 is 11.6 Å². The Morgan fingerprint density at radius 1 is 0.857 bits per heavy atom. The minimum atomic E-state index is -0.431. The molecule has 3 rings (SSSR count). The summed E-state index contributed by atoms with van der Waals surface area (Å²) in [5.41, 5.74) is 1.97. The van der Waals surface area contributed by atoms with Gasteiger partial charge in [-0.15, -0.1) is 0 Å². The number of esters is 1. The molecule has 5 nitrogen and oxygen atoms in total. The molecule has 0 aliphatic carbocycles. The molecule has 1 aliphatic heterocycles. The Bertz CT molecular complexity index is 840. The van der Waals surface area contributed by atoms with Gasteiger partial charge < -0.3 is 9.64 Å². The quantitative estimate of drug-likeness (QED) is 0.515. The maximum atomic E-state index is 12.3. The number of Topliss-reactive ketones (excluding diaryl/α,β-unsaturated/α-hetero) is 1. The zero-order valence-electron chi connectivity index (χ0n) is 15.5. The first-order valence-electron chi connectivity index (χ1n) is 9.35. The zero-order chi connectivity index (χ0) is 19.9. The highest BCUT2D eigenvalue weighted by atomic mass is 35.5. The van der Waals surface area contributed by atoms with Gasteiger partial charge in [0.1, 0.15) is 6.61 Å². The number of carbonyl (C=O) groups is 3. The number of likely N-dealkylation sites (tertiary alicyclic amines) is 1. The monoisotopic (exact) mass is 399 g/mol. The molecule has 0 unspecified atom stereocenters. The fourth-order valence-electron chi connectivity index (χ4n) is 3.08. The van der Waals surface area contributed by atoms with Crippen LogP contribution in [0.4, 0.5) is 0 Å². The molecule has 1 amide bonds. The molecule has 0 spiro atoms. The molecule has 0 N–H and O–H groups in total. The lowest BCUT2D eigenvalue weighted by molar-refractivity contribution is -0.144. The first-order chi connectivity index (χ1) is 13.5. The van der Waals surface area contributed by atoms with Crippen molar-refractivity contribution in [3.63, 3.8) is 0 Å². The molecule has 0 atom stereocenters. The molecular formula is C22H22ClNO4. The molecule has 2 aromatic rings. The largest absolute Gasteiger partial charge is 0.461 e. The standard InChI is InChI=1S/C22H22ClNO4/c23-19-9-7-17(8-10-19)20(25)11-12-21(26)28-15-16-3-5-18(6-4-16)22(27)24-13-1-2-14-24/h3-10H,1-2,11-15H2. The van der Waals surface area contributed by atoms with E-state index in [2.05, 4.69) is 0 Å². The number of rotatable bonds is 7. The highest BCUT2D eigenvalue weighted by Crippen LogP contribution is 2.15. The lowest BCUT2D eigenvalue weighted by Gasteiger charge is -2.15. The van der Waals surface area contributed by atoms with Gasteiger partial charge in [0.25, 0.3) is 5.91 Å². The first-order valence-corrected chi connectivity index (χ1v) is 9.73. The van der Waals surface area contributed by atoms with Crippen molar-refractivity contribution in [1.82, 2.24) is 4.90 Å². The zero-order valence-corrected chi connectivity index (χ0v) is 16.3. The van der Waals surface area contributed by atoms with E-state index in [0.717, 1.165) is 31.5 Å². The molecule has 0 bridgehead atoms. The number of halogens is 1. The number of hydrogen-bond acceptors (Lipinski definition) is 4. The minimum Gasteiger partial charge on any atom is -0.461 e. The molecule has 0 saturated carbocycles. The average molecular weight is 400 g/mol. The summed E-state index contributed by atoms with van der Waals surface area (Å²) < 4.78 is 5.23. The van der Waals surface area contributed by atoms with Crippen LogP contribution in [-0.2, 0) is 16.1 Å². The smallest absolute Gasteiger partial charge is 0.306 e. The second-order valence-electron chi connectivity index (χ2n) is 6.79. The van der Waals surface area contributed by atoms with Crippen LogP contribution in [0.3, 0.4) is 0 Å². The summed E-state index contributed by atoms with van der Waals surface area (Å²) >= 11 is 5.80. The molecule has 28 heavy (non-hydrogen) atoms. The van der Waals surface area contributed by atoms with Gasteiger partial charge in [-0.25, -0.2) is 0 Å². The third kappa shape index (κ3) is 5.42. The van der Waals surface area contributed by atoms with E-state index in [1.54, 1.807) is 48.5 Å². The van der Waals surface area contributed by atoms with Gasteiger partial charge in [0.05, 0.1) is 6.42 Å². The fraction of sp³-hybridized carbons (Fsp3) is 0.318. The van der Waals surface area contributed by atoms with Crippen molar-refractivity contribution >= 4 is 29.3 Å². The lowest BCUT2D eigenvalue weighted by Crippen LogP contribution is -2.27. The molecule has 146 valence electrons. The van der Waals surface area contributed by atoms with E-state index in [-0.39, 0.29) is 31.1 Å². The third-order valence-corrected chi connectivity index (χ3v) is 4.97. The summed E-state index contributed by atoms with van der Waals surface area (Å²) in [6, 6.07) is 13.7. The van der Waals surface area contributed by atoms with E-state index >= 15 is 0 Å². The Hall–Kier alpha value is -2.66. The van der Waals surface area contributed by atoms with Crippen molar-refractivity contribution in [2.75, 3.05) is 13.1 Å². The Labute approximate surface area is 169 Å². The van der Waals surface area contributed by atoms with Crippen LogP contribution in [-0.4, -0.2) is 35.6 Å². The molecule has 6 heteroatoms. The van der Waals surface area contributed by atoms with Crippen LogP contribution in [0.2, 0.25) is 5.02 Å². The molecule has 1 heterocycles. The summed E-state index contributed by atoms with van der Waals surface area (Å²) in [5.74, 6) is -0.514. The topological polar surface area (TPSA) is 63.7 Å². The fourth-order valence-corrected chi connectivity index (χ4v) is 3.20. The Balaban J connectivity index is 1.43. The van der Waals surface area contributed by atoms with Crippen molar-refractivity contribution in [2.45, 2.75) is 32.3 Å². The van der Waals surface area contributed by atoms with Crippen LogP contribution in [0.1, 0.15) is 52.0 Å². The van der Waals surface area contributed by atoms with Gasteiger partial charge >= 0.3 is 5.97 Å². The third-order valence-electron chi connectivity index (χ3n) is 4.72. The maximum Gasteiger partial charge on any atom is 0.306 e. The van der Waals surface area contributed by atoms with Crippen LogP contribution in [0.15, 0.2) is 48.5 Å². The molecule has 1 aliphatic rings. The average Bonchev–Trinajstić information content (AvgIpc) is 3.25. The summed E-state index contributed by atoms with van der Waals surface area (Å²) in [6.07, 6.45) is 2.22. The van der Waals surface area contributed by atoms with E-state index in [0.29, 0.717) is 16.1 Å². The molecule has 0 radical (unpaired) electrons. The highest BCUT2D eigenvalue weighted by Gasteiger charge is 2.19. The molecule has 0 aromatic heterocycles. The van der Waals surface area contributed by atoms with Gasteiger partial charge in [0.15, 0.2) is 5.78 Å². The van der Waals surface area contributed by atoms with Crippen molar-refractivity contribution < 1.29 is 19.1 Å². The van der Waals surface area contributed by atoms with Crippen molar-refractivity contribution in [3.8, 4) is 0 Å². The number of carbonyl (C=O) groups excluding carboxylic acids is 3. The Kier molecular flexibility index (Phi) is 6.82. The van der Waals surface area contributed by atoms with Gasteiger partial charge in [-0.05, 0) is 54.8 Å². The van der Waals surface area contributed by atoms with E-state index in [1.165, 1.54) is 0 Å². The second kappa shape index (κ2) is 9.51. The summed E-state index contributed by atoms with van der Waals surface area (Å²) in [5, 5.41) is 0.559. The highest BCUT2D eigenvalue weighted by molar-refractivity contribution is 6.30. The maximum absolute atomic E-state index is 12.3. The predicted octanol–water partition coefficient (Wildman–Crippen LogP) is 4.28. The second-order valence-corrected chi connectivity index (χ2v) is 7.22. The lowest BCUT2D eigenvalue weighted by atomic mass is 10.1. The number of ketones is 1. The summed E-state index contributed by atoms with van der Waals surface area (Å²) in [7, 11) is 0. The van der Waals surface area contributed by atoms with E-state index in [1.807, 2.05) is 4.90 Å². The van der Waals surface area contributed by atoms with Crippen molar-refractivity contribution in [2.24, 2.45) is 0 Å². The van der Waals surface area contributed by atoms with Gasteiger partial charge in [0, 0.05) is 35.7 Å². The molecule has 2 aromatic carbocycles. The van der Waals surface area contributed by atoms with Crippen LogP contribution < -0.4 is 0 Å². The van der Waals surface area contributed by atoms with E-state index in [4.69, 9.17) is 16.3 Å². The van der Waals surface area contributed by atoms with Crippen LogP contribution in [0.25, 0.3) is 0 Å². The Morgan fingerprint density at radius 3 is 2.11 bits per heavy atom. The first kappa shape index (κ1) is 20.1. The molecular weight excluding hydrogens is 378 g/mol. The SMILES string of the molecule is O=C(CCC(=O)c1ccc(Cl)cc1)OCc1ccc(C(=O)N2CCCC2)cc1. The van der Waals surface area contributed by atoms with Crippen LogP contribution in [0.5, 0.6) is 0 Å². The summed E-state index contributed by atoms with van der Waals surface area (Å²) in [6.45, 7) is 1.74. The minimum absolute atomic E-state index is 0.0208. The van der Waals surface area contributed by atoms with Gasteiger partial charge in [-0.3, -0.25) is 14.4 Å². The van der Waals surface area contributed by atoms with Crippen molar-refractivity contribution in [3.05, 3.63) is 70.2 Å². The van der Waals surface area contributed by atoms with Crippen LogP contribution in [0, 0.1) is 0 Å². The van der Waals surface area contributed by atoms with Crippen molar-refractivity contribution in [1.29, 1.82) is 0 Å². The Morgan fingerprint density at radius 2 is 1.46 bits per heavy atom. The van der Waals surface area contributed by atoms with Gasteiger partial charge in [-0.2, -0.15) is 0 Å². The molecule has 1 saturated heterocycles. The number of benzene rings is 2. The number of amides is 1. The number of nitrogens with zero attached hydrogens (tertiary/aromatic N) is 1. The van der Waals surface area contributed by atoms with Gasteiger partial charge in [-0.1, -0.05) is 23.7 Å². The van der Waals surface area contributed by atoms with E-state index in [9.17, 15) is 14.4 Å². The normalized spacial score (nSPS) is 13.4. The summed E-state index contributed by atoms with van der Waals surface area (Å²) in [4.78, 5) is 38.1. The predicted molar refractivity (Wildman–Crippen MR) is 106 cm³/mol.